The van der Waals surface area contributed by atoms with E-state index < -0.39 is 0 Å². The summed E-state index contributed by atoms with van der Waals surface area (Å²) in [7, 11) is 1.96. The van der Waals surface area contributed by atoms with Crippen molar-refractivity contribution in [1.82, 2.24) is 20.0 Å². The maximum absolute atomic E-state index is 6.26. The third-order valence-corrected chi connectivity index (χ3v) is 4.44. The summed E-state index contributed by atoms with van der Waals surface area (Å²) < 4.78 is 1.89. The van der Waals surface area contributed by atoms with Gasteiger partial charge in [0.05, 0.1) is 16.4 Å². The van der Waals surface area contributed by atoms with Crippen LogP contribution < -0.4 is 5.32 Å². The lowest BCUT2D eigenvalue weighted by Gasteiger charge is -2.32. The van der Waals surface area contributed by atoms with E-state index >= 15 is 0 Å². The first-order chi connectivity index (χ1) is 9.11. The first-order valence-electron chi connectivity index (χ1n) is 7.25. The lowest BCUT2D eigenvalue weighted by molar-refractivity contribution is 0.197. The molecule has 1 fully saturated rings. The zero-order valence-electron chi connectivity index (χ0n) is 12.2. The molecular weight excluding hydrogens is 260 g/mol. The Labute approximate surface area is 121 Å². The molecule has 0 bridgehead atoms. The second kappa shape index (κ2) is 6.73. The van der Waals surface area contributed by atoms with E-state index in [0.717, 1.165) is 23.0 Å². The molecule has 1 aliphatic rings. The Balaban J connectivity index is 1.80. The molecule has 0 saturated carbocycles. The van der Waals surface area contributed by atoms with Gasteiger partial charge in [0.1, 0.15) is 0 Å². The Morgan fingerprint density at radius 1 is 1.37 bits per heavy atom. The summed E-state index contributed by atoms with van der Waals surface area (Å²) >= 11 is 6.26. The zero-order chi connectivity index (χ0) is 13.8. The molecule has 2 rings (SSSR count). The van der Waals surface area contributed by atoms with Crippen LogP contribution in [0.4, 0.5) is 0 Å². The molecular formula is C14H25ClN4. The molecule has 0 radical (unpaired) electrons. The standard InChI is InChI=1S/C14H25ClN4/c1-4-7-19-8-5-12(6-9-19)16-10-13-14(15)11(2)17-18(13)3/h12,16H,4-10H2,1-3H3. The van der Waals surface area contributed by atoms with Crippen LogP contribution in [0, 0.1) is 6.92 Å². The van der Waals surface area contributed by atoms with Crippen molar-refractivity contribution in [3.05, 3.63) is 16.4 Å². The molecule has 2 heterocycles. The van der Waals surface area contributed by atoms with Gasteiger partial charge in [0, 0.05) is 19.6 Å². The summed E-state index contributed by atoms with van der Waals surface area (Å²) in [6, 6.07) is 0.611. The minimum Gasteiger partial charge on any atom is -0.308 e. The molecule has 0 aliphatic carbocycles. The topological polar surface area (TPSA) is 33.1 Å². The fourth-order valence-electron chi connectivity index (χ4n) is 2.79. The number of rotatable bonds is 5. The van der Waals surface area contributed by atoms with Crippen molar-refractivity contribution < 1.29 is 0 Å². The van der Waals surface area contributed by atoms with Crippen molar-refractivity contribution in [2.75, 3.05) is 19.6 Å². The van der Waals surface area contributed by atoms with E-state index in [2.05, 4.69) is 22.2 Å². The van der Waals surface area contributed by atoms with Crippen LogP contribution in [0.3, 0.4) is 0 Å². The largest absolute Gasteiger partial charge is 0.308 e. The van der Waals surface area contributed by atoms with Gasteiger partial charge in [-0.15, -0.1) is 0 Å². The molecule has 1 N–H and O–H groups in total. The zero-order valence-corrected chi connectivity index (χ0v) is 13.0. The van der Waals surface area contributed by atoms with Crippen LogP contribution in [0.15, 0.2) is 0 Å². The van der Waals surface area contributed by atoms with E-state index in [-0.39, 0.29) is 0 Å². The van der Waals surface area contributed by atoms with E-state index in [1.165, 1.54) is 38.9 Å². The van der Waals surface area contributed by atoms with Crippen LogP contribution in [-0.2, 0) is 13.6 Å². The Morgan fingerprint density at radius 3 is 2.58 bits per heavy atom. The Morgan fingerprint density at radius 2 is 2.05 bits per heavy atom. The van der Waals surface area contributed by atoms with Crippen molar-refractivity contribution in [2.24, 2.45) is 7.05 Å². The number of piperidine rings is 1. The van der Waals surface area contributed by atoms with E-state index in [1.54, 1.807) is 0 Å². The molecule has 0 amide bonds. The molecule has 0 spiro atoms. The quantitative estimate of drug-likeness (QED) is 0.901. The minimum absolute atomic E-state index is 0.611. The lowest BCUT2D eigenvalue weighted by Crippen LogP contribution is -2.42. The number of aromatic nitrogens is 2. The highest BCUT2D eigenvalue weighted by Gasteiger charge is 2.19. The van der Waals surface area contributed by atoms with Crippen molar-refractivity contribution >= 4 is 11.6 Å². The van der Waals surface area contributed by atoms with Gasteiger partial charge in [0.25, 0.3) is 0 Å². The van der Waals surface area contributed by atoms with E-state index in [9.17, 15) is 0 Å². The van der Waals surface area contributed by atoms with Crippen LogP contribution in [0.5, 0.6) is 0 Å². The summed E-state index contributed by atoms with van der Waals surface area (Å²) in [6.45, 7) is 8.67. The number of nitrogens with zero attached hydrogens (tertiary/aromatic N) is 3. The van der Waals surface area contributed by atoms with E-state index in [0.29, 0.717) is 6.04 Å². The minimum atomic E-state index is 0.611. The van der Waals surface area contributed by atoms with Gasteiger partial charge in [0.15, 0.2) is 0 Å². The molecule has 1 aliphatic heterocycles. The number of aryl methyl sites for hydroxylation is 2. The molecule has 108 valence electrons. The van der Waals surface area contributed by atoms with Crippen LogP contribution in [-0.4, -0.2) is 40.4 Å². The molecule has 1 saturated heterocycles. The molecule has 19 heavy (non-hydrogen) atoms. The fraction of sp³-hybridized carbons (Fsp3) is 0.786. The summed E-state index contributed by atoms with van der Waals surface area (Å²) in [6.07, 6.45) is 3.71. The maximum atomic E-state index is 6.26. The Hall–Kier alpha value is -0.580. The van der Waals surface area contributed by atoms with Gasteiger partial charge in [-0.25, -0.2) is 0 Å². The highest BCUT2D eigenvalue weighted by molar-refractivity contribution is 6.31. The highest BCUT2D eigenvalue weighted by atomic mass is 35.5. The van der Waals surface area contributed by atoms with Crippen molar-refractivity contribution in [3.63, 3.8) is 0 Å². The predicted molar refractivity (Wildman–Crippen MR) is 79.5 cm³/mol. The highest BCUT2D eigenvalue weighted by Crippen LogP contribution is 2.20. The third kappa shape index (κ3) is 3.71. The predicted octanol–water partition coefficient (Wildman–Crippen LogP) is 2.35. The summed E-state index contributed by atoms with van der Waals surface area (Å²) in [5.74, 6) is 0. The molecule has 5 heteroatoms. The Bertz CT molecular complexity index is 408. The van der Waals surface area contributed by atoms with Gasteiger partial charge >= 0.3 is 0 Å². The van der Waals surface area contributed by atoms with Crippen LogP contribution >= 0.6 is 11.6 Å². The molecule has 0 unspecified atom stereocenters. The number of halogens is 1. The van der Waals surface area contributed by atoms with Crippen LogP contribution in [0.1, 0.15) is 37.6 Å². The number of nitrogens with one attached hydrogen (secondary N) is 1. The normalized spacial score (nSPS) is 18.1. The molecule has 0 aromatic carbocycles. The first kappa shape index (κ1) is 14.8. The number of likely N-dealkylation sites (tertiary alicyclic amines) is 1. The maximum Gasteiger partial charge on any atom is 0.0860 e. The van der Waals surface area contributed by atoms with E-state index in [1.807, 2.05) is 18.7 Å². The number of hydrogen-bond acceptors (Lipinski definition) is 3. The average Bonchev–Trinajstić information content (AvgIpc) is 2.64. The van der Waals surface area contributed by atoms with Gasteiger partial charge in [0.2, 0.25) is 0 Å². The SMILES string of the molecule is CCCN1CCC(NCc2c(Cl)c(C)nn2C)CC1. The average molecular weight is 285 g/mol. The Kier molecular flexibility index (Phi) is 5.25. The molecule has 1 aromatic heterocycles. The fourth-order valence-corrected chi connectivity index (χ4v) is 3.02. The van der Waals surface area contributed by atoms with Gasteiger partial charge in [-0.2, -0.15) is 5.10 Å². The monoisotopic (exact) mass is 284 g/mol. The van der Waals surface area contributed by atoms with Crippen LogP contribution in [0.2, 0.25) is 5.02 Å². The van der Waals surface area contributed by atoms with Gasteiger partial charge in [-0.1, -0.05) is 18.5 Å². The summed E-state index contributed by atoms with van der Waals surface area (Å²) in [5, 5.41) is 8.77. The molecule has 0 atom stereocenters. The second-order valence-electron chi connectivity index (χ2n) is 5.47. The summed E-state index contributed by atoms with van der Waals surface area (Å²) in [5.41, 5.74) is 2.01. The molecule has 1 aromatic rings. The van der Waals surface area contributed by atoms with Gasteiger partial charge < -0.3 is 10.2 Å². The van der Waals surface area contributed by atoms with Gasteiger partial charge in [-0.3, -0.25) is 4.68 Å². The summed E-state index contributed by atoms with van der Waals surface area (Å²) in [4.78, 5) is 2.55. The van der Waals surface area contributed by atoms with Crippen molar-refractivity contribution in [3.8, 4) is 0 Å². The first-order valence-corrected chi connectivity index (χ1v) is 7.63. The molecule has 4 nitrogen and oxygen atoms in total. The van der Waals surface area contributed by atoms with E-state index in [4.69, 9.17) is 11.6 Å². The van der Waals surface area contributed by atoms with Crippen molar-refractivity contribution in [1.29, 1.82) is 0 Å². The number of hydrogen-bond donors (Lipinski definition) is 1. The lowest BCUT2D eigenvalue weighted by atomic mass is 10.0. The van der Waals surface area contributed by atoms with Crippen LogP contribution in [0.25, 0.3) is 0 Å². The second-order valence-corrected chi connectivity index (χ2v) is 5.84. The smallest absolute Gasteiger partial charge is 0.0860 e. The third-order valence-electron chi connectivity index (χ3n) is 3.95. The van der Waals surface area contributed by atoms with Crippen molar-refractivity contribution in [2.45, 2.75) is 45.7 Å². The van der Waals surface area contributed by atoms with Gasteiger partial charge in [-0.05, 0) is 45.8 Å².